The smallest absolute Gasteiger partial charge is 0.345 e. The molecular formula is C14H15BrN4O2. The summed E-state index contributed by atoms with van der Waals surface area (Å²) in [6.45, 7) is 0. The number of nitrogens with zero attached hydrogens (tertiary/aromatic N) is 2. The fourth-order valence-electron chi connectivity index (χ4n) is 2.06. The highest BCUT2D eigenvalue weighted by Crippen LogP contribution is 2.31. The molecule has 0 amide bonds. The van der Waals surface area contributed by atoms with Crippen molar-refractivity contribution in [1.29, 1.82) is 0 Å². The Morgan fingerprint density at radius 3 is 2.90 bits per heavy atom. The van der Waals surface area contributed by atoms with Gasteiger partial charge in [0.25, 0.3) is 0 Å². The van der Waals surface area contributed by atoms with E-state index in [1.165, 1.54) is 7.11 Å². The average molecular weight is 351 g/mol. The van der Waals surface area contributed by atoms with E-state index in [0.717, 1.165) is 23.0 Å². The lowest BCUT2D eigenvalue weighted by atomic mass is 10.3. The number of hydrogen-bond acceptors (Lipinski definition) is 5. The third-order valence-corrected chi connectivity index (χ3v) is 3.77. The number of rotatable bonds is 4. The summed E-state index contributed by atoms with van der Waals surface area (Å²) in [5, 5.41) is 7.65. The molecule has 7 heteroatoms. The maximum absolute atomic E-state index is 12.0. The van der Waals surface area contributed by atoms with Crippen LogP contribution in [-0.4, -0.2) is 28.9 Å². The van der Waals surface area contributed by atoms with Gasteiger partial charge < -0.3 is 15.8 Å². The summed E-state index contributed by atoms with van der Waals surface area (Å²) in [5.41, 5.74) is 7.16. The van der Waals surface area contributed by atoms with Crippen LogP contribution in [-0.2, 0) is 4.74 Å². The third-order valence-electron chi connectivity index (χ3n) is 3.28. The first-order valence-electron chi connectivity index (χ1n) is 6.59. The number of nitrogens with two attached hydrogens (primary N) is 1. The minimum Gasteiger partial charge on any atom is -0.465 e. The summed E-state index contributed by atoms with van der Waals surface area (Å²) >= 11 is 3.41. The number of benzene rings is 1. The van der Waals surface area contributed by atoms with E-state index in [-0.39, 0.29) is 11.4 Å². The Balaban J connectivity index is 2.08. The summed E-state index contributed by atoms with van der Waals surface area (Å²) in [4.78, 5) is 12.0. The Morgan fingerprint density at radius 2 is 2.29 bits per heavy atom. The number of aromatic nitrogens is 2. The molecule has 1 heterocycles. The summed E-state index contributed by atoms with van der Waals surface area (Å²) in [6, 6.07) is 7.90. The largest absolute Gasteiger partial charge is 0.465 e. The lowest BCUT2D eigenvalue weighted by Crippen LogP contribution is -2.10. The molecule has 1 aromatic heterocycles. The Morgan fingerprint density at radius 1 is 1.52 bits per heavy atom. The van der Waals surface area contributed by atoms with Crippen molar-refractivity contribution in [3.05, 3.63) is 34.3 Å². The van der Waals surface area contributed by atoms with Crippen molar-refractivity contribution in [2.45, 2.75) is 18.9 Å². The van der Waals surface area contributed by atoms with E-state index in [4.69, 9.17) is 10.5 Å². The normalized spacial score (nSPS) is 14.0. The van der Waals surface area contributed by atoms with Crippen LogP contribution in [0.3, 0.4) is 0 Å². The monoisotopic (exact) mass is 350 g/mol. The first-order chi connectivity index (χ1) is 10.1. The van der Waals surface area contributed by atoms with Gasteiger partial charge in [-0.2, -0.15) is 0 Å². The summed E-state index contributed by atoms with van der Waals surface area (Å²) in [6.07, 6.45) is 2.15. The molecule has 1 aromatic carbocycles. The maximum Gasteiger partial charge on any atom is 0.345 e. The van der Waals surface area contributed by atoms with Crippen molar-refractivity contribution in [1.82, 2.24) is 9.78 Å². The van der Waals surface area contributed by atoms with Crippen LogP contribution < -0.4 is 11.1 Å². The second kappa shape index (κ2) is 5.40. The van der Waals surface area contributed by atoms with Crippen LogP contribution in [0.4, 0.5) is 11.6 Å². The number of halogens is 1. The van der Waals surface area contributed by atoms with E-state index in [1.54, 1.807) is 4.68 Å². The first-order valence-corrected chi connectivity index (χ1v) is 7.38. The number of nitrogens with one attached hydrogen (secondary N) is 1. The van der Waals surface area contributed by atoms with E-state index in [2.05, 4.69) is 26.3 Å². The number of anilines is 2. The van der Waals surface area contributed by atoms with Crippen LogP contribution in [0.25, 0.3) is 5.69 Å². The molecular weight excluding hydrogens is 336 g/mol. The SMILES string of the molecule is COC(=O)c1c(NC2CC2)nn(-c2cccc(Br)c2)c1N. The van der Waals surface area contributed by atoms with Crippen LogP contribution in [0.1, 0.15) is 23.2 Å². The molecule has 0 spiro atoms. The topological polar surface area (TPSA) is 82.2 Å². The van der Waals surface area contributed by atoms with Gasteiger partial charge in [-0.25, -0.2) is 9.48 Å². The fourth-order valence-corrected chi connectivity index (χ4v) is 2.45. The number of ether oxygens (including phenoxy) is 1. The second-order valence-corrected chi connectivity index (χ2v) is 5.83. The maximum atomic E-state index is 12.0. The number of hydrogen-bond donors (Lipinski definition) is 2. The van der Waals surface area contributed by atoms with Crippen LogP contribution in [0.15, 0.2) is 28.7 Å². The van der Waals surface area contributed by atoms with Crippen molar-refractivity contribution in [2.24, 2.45) is 0 Å². The molecule has 3 rings (SSSR count). The van der Waals surface area contributed by atoms with E-state index in [0.29, 0.717) is 11.9 Å². The number of esters is 1. The predicted molar refractivity (Wildman–Crippen MR) is 83.7 cm³/mol. The van der Waals surface area contributed by atoms with Gasteiger partial charge in [-0.3, -0.25) is 0 Å². The Hall–Kier alpha value is -2.02. The van der Waals surface area contributed by atoms with Gasteiger partial charge >= 0.3 is 5.97 Å². The quantitative estimate of drug-likeness (QED) is 0.828. The molecule has 1 saturated carbocycles. The number of methoxy groups -OCH3 is 1. The summed E-state index contributed by atoms with van der Waals surface area (Å²) in [7, 11) is 1.33. The molecule has 0 aliphatic heterocycles. The van der Waals surface area contributed by atoms with Crippen LogP contribution in [0, 0.1) is 0 Å². The number of carbonyl (C=O) groups excluding carboxylic acids is 1. The van der Waals surface area contributed by atoms with Gasteiger partial charge in [0, 0.05) is 10.5 Å². The molecule has 1 aliphatic carbocycles. The van der Waals surface area contributed by atoms with Crippen LogP contribution in [0.5, 0.6) is 0 Å². The van der Waals surface area contributed by atoms with Gasteiger partial charge in [0.2, 0.25) is 0 Å². The van der Waals surface area contributed by atoms with Crippen molar-refractivity contribution in [2.75, 3.05) is 18.2 Å². The number of nitrogen functional groups attached to an aromatic ring is 1. The minimum absolute atomic E-state index is 0.267. The molecule has 0 saturated heterocycles. The van der Waals surface area contributed by atoms with Crippen molar-refractivity contribution >= 4 is 33.5 Å². The Bertz CT molecular complexity index is 694. The van der Waals surface area contributed by atoms with E-state index >= 15 is 0 Å². The number of carbonyl (C=O) groups is 1. The molecule has 1 aliphatic rings. The highest BCUT2D eigenvalue weighted by molar-refractivity contribution is 9.10. The molecule has 110 valence electrons. The third kappa shape index (κ3) is 2.73. The molecule has 6 nitrogen and oxygen atoms in total. The second-order valence-electron chi connectivity index (χ2n) is 4.91. The van der Waals surface area contributed by atoms with Crippen molar-refractivity contribution in [3.8, 4) is 5.69 Å². The van der Waals surface area contributed by atoms with E-state index in [1.807, 2.05) is 24.3 Å². The van der Waals surface area contributed by atoms with Crippen molar-refractivity contribution < 1.29 is 9.53 Å². The summed E-state index contributed by atoms with van der Waals surface area (Å²) in [5.74, 6) is 0.252. The molecule has 0 atom stereocenters. The molecule has 21 heavy (non-hydrogen) atoms. The molecule has 0 radical (unpaired) electrons. The molecule has 2 aromatic rings. The van der Waals surface area contributed by atoms with Gasteiger partial charge in [0.05, 0.1) is 12.8 Å². The van der Waals surface area contributed by atoms with Crippen LogP contribution in [0.2, 0.25) is 0 Å². The fraction of sp³-hybridized carbons (Fsp3) is 0.286. The van der Waals surface area contributed by atoms with Gasteiger partial charge in [0.15, 0.2) is 5.82 Å². The predicted octanol–water partition coefficient (Wildman–Crippen LogP) is 2.58. The van der Waals surface area contributed by atoms with Gasteiger partial charge in [-0.05, 0) is 31.0 Å². The first kappa shape index (κ1) is 13.9. The highest BCUT2D eigenvalue weighted by Gasteiger charge is 2.29. The Kier molecular flexibility index (Phi) is 3.59. The summed E-state index contributed by atoms with van der Waals surface area (Å²) < 4.78 is 7.26. The minimum atomic E-state index is -0.489. The molecule has 0 unspecified atom stereocenters. The van der Waals surface area contributed by atoms with E-state index in [9.17, 15) is 4.79 Å². The molecule has 0 bridgehead atoms. The van der Waals surface area contributed by atoms with E-state index < -0.39 is 5.97 Å². The van der Waals surface area contributed by atoms with Gasteiger partial charge in [-0.15, -0.1) is 5.10 Å². The molecule has 3 N–H and O–H groups in total. The zero-order chi connectivity index (χ0) is 15.0. The Labute approximate surface area is 130 Å². The highest BCUT2D eigenvalue weighted by atomic mass is 79.9. The lowest BCUT2D eigenvalue weighted by molar-refractivity contribution is 0.0603. The average Bonchev–Trinajstić information content (AvgIpc) is 3.21. The van der Waals surface area contributed by atoms with Crippen molar-refractivity contribution in [3.63, 3.8) is 0 Å². The lowest BCUT2D eigenvalue weighted by Gasteiger charge is -2.04. The van der Waals surface area contributed by atoms with Gasteiger partial charge in [-0.1, -0.05) is 22.0 Å². The van der Waals surface area contributed by atoms with Gasteiger partial charge in [0.1, 0.15) is 11.4 Å². The molecule has 1 fully saturated rings. The van der Waals surface area contributed by atoms with Crippen LogP contribution >= 0.6 is 15.9 Å². The zero-order valence-electron chi connectivity index (χ0n) is 11.5. The standard InChI is InChI=1S/C14H15BrN4O2/c1-21-14(20)11-12(16)19(10-4-2-3-8(15)7-10)18-13(11)17-9-5-6-9/h2-4,7,9H,5-6,16H2,1H3,(H,17,18). The zero-order valence-corrected chi connectivity index (χ0v) is 13.1.